The molecular formula is C5H5ClF3N3. The summed E-state index contributed by atoms with van der Waals surface area (Å²) in [4.78, 5) is 6.28. The number of nitrogens with two attached hydrogens (primary N) is 1. The largest absolute Gasteiger partial charge is 0.437 e. The molecule has 0 aliphatic rings. The Morgan fingerprint density at radius 3 is 2.00 bits per heavy atom. The van der Waals surface area contributed by atoms with Crippen LogP contribution in [-0.2, 0) is 6.18 Å². The Morgan fingerprint density at radius 1 is 1.17 bits per heavy atom. The summed E-state index contributed by atoms with van der Waals surface area (Å²) in [5, 5.41) is 0. The SMILES string of the molecule is Cl.Nc1nccnc1C(F)(F)F. The third-order valence-electron chi connectivity index (χ3n) is 0.995. The molecule has 7 heteroatoms. The van der Waals surface area contributed by atoms with Crippen molar-refractivity contribution in [2.75, 3.05) is 5.73 Å². The molecule has 3 nitrogen and oxygen atoms in total. The molecule has 2 N–H and O–H groups in total. The van der Waals surface area contributed by atoms with Gasteiger partial charge < -0.3 is 5.73 Å². The van der Waals surface area contributed by atoms with Gasteiger partial charge in [-0.3, -0.25) is 0 Å². The van der Waals surface area contributed by atoms with Crippen LogP contribution in [0.3, 0.4) is 0 Å². The van der Waals surface area contributed by atoms with Gasteiger partial charge in [0.25, 0.3) is 0 Å². The van der Waals surface area contributed by atoms with E-state index in [1.807, 2.05) is 0 Å². The smallest absolute Gasteiger partial charge is 0.382 e. The second kappa shape index (κ2) is 3.57. The van der Waals surface area contributed by atoms with Gasteiger partial charge in [0.05, 0.1) is 0 Å². The summed E-state index contributed by atoms with van der Waals surface area (Å²) in [6, 6.07) is 0. The van der Waals surface area contributed by atoms with Crippen molar-refractivity contribution < 1.29 is 13.2 Å². The van der Waals surface area contributed by atoms with Crippen LogP contribution in [0, 0.1) is 0 Å². The Bertz CT molecular complexity index is 262. The maximum absolute atomic E-state index is 11.9. The van der Waals surface area contributed by atoms with E-state index in [-0.39, 0.29) is 12.4 Å². The number of rotatable bonds is 0. The Balaban J connectivity index is 0.00000121. The number of hydrogen-bond acceptors (Lipinski definition) is 3. The third-order valence-corrected chi connectivity index (χ3v) is 0.995. The maximum atomic E-state index is 11.9. The van der Waals surface area contributed by atoms with E-state index in [4.69, 9.17) is 5.73 Å². The van der Waals surface area contributed by atoms with Crippen molar-refractivity contribution in [2.45, 2.75) is 6.18 Å². The van der Waals surface area contributed by atoms with Crippen LogP contribution in [0.25, 0.3) is 0 Å². The van der Waals surface area contributed by atoms with E-state index in [1.165, 1.54) is 0 Å². The summed E-state index contributed by atoms with van der Waals surface area (Å²) in [5.74, 6) is -0.597. The summed E-state index contributed by atoms with van der Waals surface area (Å²) in [6.45, 7) is 0. The molecule has 0 amide bonds. The van der Waals surface area contributed by atoms with Gasteiger partial charge in [0, 0.05) is 12.4 Å². The quantitative estimate of drug-likeness (QED) is 0.689. The van der Waals surface area contributed by atoms with Crippen molar-refractivity contribution >= 4 is 18.2 Å². The van der Waals surface area contributed by atoms with Crippen molar-refractivity contribution in [3.8, 4) is 0 Å². The highest BCUT2D eigenvalue weighted by molar-refractivity contribution is 5.85. The molecule has 0 atom stereocenters. The lowest BCUT2D eigenvalue weighted by atomic mass is 10.4. The van der Waals surface area contributed by atoms with Gasteiger partial charge in [-0.05, 0) is 0 Å². The van der Waals surface area contributed by atoms with Crippen molar-refractivity contribution in [1.29, 1.82) is 0 Å². The number of nitrogen functional groups attached to an aromatic ring is 1. The Morgan fingerprint density at radius 2 is 1.67 bits per heavy atom. The topological polar surface area (TPSA) is 51.8 Å². The van der Waals surface area contributed by atoms with E-state index in [2.05, 4.69) is 9.97 Å². The summed E-state index contributed by atoms with van der Waals surface area (Å²) < 4.78 is 35.6. The molecule has 0 spiro atoms. The number of halogens is 4. The molecule has 0 fully saturated rings. The highest BCUT2D eigenvalue weighted by Gasteiger charge is 2.35. The molecule has 1 rings (SSSR count). The first kappa shape index (κ1) is 11.0. The molecule has 0 unspecified atom stereocenters. The summed E-state index contributed by atoms with van der Waals surface area (Å²) in [6.07, 6.45) is -2.47. The fraction of sp³-hybridized carbons (Fsp3) is 0.200. The molecule has 68 valence electrons. The molecule has 1 aromatic heterocycles. The molecule has 0 bridgehead atoms. The molecule has 0 aliphatic heterocycles. The average Bonchev–Trinajstić information content (AvgIpc) is 1.86. The Hall–Kier alpha value is -1.04. The molecule has 0 aromatic carbocycles. The van der Waals surface area contributed by atoms with Crippen LogP contribution in [0.15, 0.2) is 12.4 Å². The summed E-state index contributed by atoms with van der Waals surface area (Å²) >= 11 is 0. The second-order valence-corrected chi connectivity index (χ2v) is 1.79. The lowest BCUT2D eigenvalue weighted by molar-refractivity contribution is -0.140. The molecule has 1 aromatic rings. The van der Waals surface area contributed by atoms with E-state index in [1.54, 1.807) is 0 Å². The molecule has 12 heavy (non-hydrogen) atoms. The summed E-state index contributed by atoms with van der Waals surface area (Å²) in [5.41, 5.74) is 3.77. The van der Waals surface area contributed by atoms with Crippen molar-refractivity contribution in [3.05, 3.63) is 18.1 Å². The minimum Gasteiger partial charge on any atom is -0.382 e. The van der Waals surface area contributed by atoms with Crippen molar-refractivity contribution in [2.24, 2.45) is 0 Å². The Labute approximate surface area is 72.2 Å². The Kier molecular flexibility index (Phi) is 3.26. The van der Waals surface area contributed by atoms with Crippen molar-refractivity contribution in [3.63, 3.8) is 0 Å². The predicted molar refractivity (Wildman–Crippen MR) is 38.7 cm³/mol. The van der Waals surface area contributed by atoms with Gasteiger partial charge in [-0.15, -0.1) is 12.4 Å². The molecule has 0 radical (unpaired) electrons. The van der Waals surface area contributed by atoms with Gasteiger partial charge >= 0.3 is 6.18 Å². The molecule has 1 heterocycles. The van der Waals surface area contributed by atoms with Crippen LogP contribution in [0.2, 0.25) is 0 Å². The van der Waals surface area contributed by atoms with Gasteiger partial charge in [0.1, 0.15) is 0 Å². The van der Waals surface area contributed by atoms with Crippen molar-refractivity contribution in [1.82, 2.24) is 9.97 Å². The second-order valence-electron chi connectivity index (χ2n) is 1.79. The van der Waals surface area contributed by atoms with Gasteiger partial charge in [-0.25, -0.2) is 9.97 Å². The number of aromatic nitrogens is 2. The van der Waals surface area contributed by atoms with Crippen LogP contribution in [0.4, 0.5) is 19.0 Å². The fourth-order valence-electron chi connectivity index (χ4n) is 0.567. The highest BCUT2D eigenvalue weighted by Crippen LogP contribution is 2.29. The predicted octanol–water partition coefficient (Wildman–Crippen LogP) is 1.50. The van der Waals surface area contributed by atoms with Crippen LogP contribution < -0.4 is 5.73 Å². The third kappa shape index (κ3) is 2.23. The van der Waals surface area contributed by atoms with Crippen LogP contribution in [0.1, 0.15) is 5.69 Å². The number of anilines is 1. The zero-order valence-corrected chi connectivity index (χ0v) is 6.49. The first-order chi connectivity index (χ1) is 5.02. The minimum absolute atomic E-state index is 0. The minimum atomic E-state index is -4.52. The van der Waals surface area contributed by atoms with Crippen LogP contribution in [0.5, 0.6) is 0 Å². The number of hydrogen-bond donors (Lipinski definition) is 1. The number of alkyl halides is 3. The van der Waals surface area contributed by atoms with Gasteiger partial charge in [-0.2, -0.15) is 13.2 Å². The van der Waals surface area contributed by atoms with Crippen LogP contribution in [-0.4, -0.2) is 9.97 Å². The monoisotopic (exact) mass is 199 g/mol. The first-order valence-corrected chi connectivity index (χ1v) is 2.65. The zero-order chi connectivity index (χ0) is 8.48. The van der Waals surface area contributed by atoms with Gasteiger partial charge in [0.15, 0.2) is 11.5 Å². The van der Waals surface area contributed by atoms with E-state index < -0.39 is 17.7 Å². The summed E-state index contributed by atoms with van der Waals surface area (Å²) in [7, 11) is 0. The highest BCUT2D eigenvalue weighted by atomic mass is 35.5. The normalized spacial score (nSPS) is 10.6. The molecule has 0 saturated heterocycles. The van der Waals surface area contributed by atoms with E-state index in [0.717, 1.165) is 12.4 Å². The van der Waals surface area contributed by atoms with E-state index >= 15 is 0 Å². The van der Waals surface area contributed by atoms with E-state index in [9.17, 15) is 13.2 Å². The average molecular weight is 200 g/mol. The zero-order valence-electron chi connectivity index (χ0n) is 5.67. The van der Waals surface area contributed by atoms with E-state index in [0.29, 0.717) is 0 Å². The molecule has 0 saturated carbocycles. The first-order valence-electron chi connectivity index (χ1n) is 2.65. The lowest BCUT2D eigenvalue weighted by Gasteiger charge is -2.05. The molecular weight excluding hydrogens is 195 g/mol. The lowest BCUT2D eigenvalue weighted by Crippen LogP contribution is -2.12. The number of nitrogens with zero attached hydrogens (tertiary/aromatic N) is 2. The standard InChI is InChI=1S/C5H4F3N3.ClH/c6-5(7,8)3-4(9)11-2-1-10-3;/h1-2H,(H2,9,11);1H. The maximum Gasteiger partial charge on any atom is 0.437 e. The molecule has 0 aliphatic carbocycles. The van der Waals surface area contributed by atoms with Crippen LogP contribution >= 0.6 is 12.4 Å². The van der Waals surface area contributed by atoms with Gasteiger partial charge in [-0.1, -0.05) is 0 Å². The fourth-order valence-corrected chi connectivity index (χ4v) is 0.567. The van der Waals surface area contributed by atoms with Gasteiger partial charge in [0.2, 0.25) is 0 Å².